The lowest BCUT2D eigenvalue weighted by molar-refractivity contribution is 0.271. The van der Waals surface area contributed by atoms with Gasteiger partial charge in [0, 0.05) is 10.6 Å². The number of halogens is 1. The molecule has 1 rings (SSSR count). The third-order valence-electron chi connectivity index (χ3n) is 1.68. The van der Waals surface area contributed by atoms with Crippen molar-refractivity contribution in [3.05, 3.63) is 30.3 Å². The maximum absolute atomic E-state index is 5.78. The third-order valence-corrected chi connectivity index (χ3v) is 1.88. The van der Waals surface area contributed by atoms with E-state index in [-0.39, 0.29) is 0 Å². The van der Waals surface area contributed by atoms with Gasteiger partial charge in [0.05, 0.1) is 18.5 Å². The zero-order valence-electron chi connectivity index (χ0n) is 7.88. The van der Waals surface area contributed by atoms with E-state index in [1.165, 1.54) is 7.11 Å². The summed E-state index contributed by atoms with van der Waals surface area (Å²) in [5, 5.41) is 0.441. The van der Waals surface area contributed by atoms with Gasteiger partial charge in [-0.1, -0.05) is 18.2 Å². The molecule has 0 unspecified atom stereocenters. The highest BCUT2D eigenvalue weighted by molar-refractivity contribution is 6.48. The van der Waals surface area contributed by atoms with Crippen LogP contribution in [-0.4, -0.2) is 13.8 Å². The molecule has 0 spiro atoms. The van der Waals surface area contributed by atoms with Gasteiger partial charge in [-0.15, -0.1) is 0 Å². The Morgan fingerprint density at radius 1 is 1.57 bits per heavy atom. The Labute approximate surface area is 88.0 Å². The van der Waals surface area contributed by atoms with Crippen molar-refractivity contribution in [2.75, 3.05) is 12.6 Å². The molecule has 3 nitrogen and oxygen atoms in total. The third kappa shape index (κ3) is 2.34. The summed E-state index contributed by atoms with van der Waals surface area (Å²) in [5.41, 5.74) is 4.92. The molecule has 0 aliphatic rings. The second kappa shape index (κ2) is 4.79. The van der Waals surface area contributed by atoms with Gasteiger partial charge in [-0.3, -0.25) is 15.3 Å². The number of benzene rings is 1. The van der Waals surface area contributed by atoms with Crippen LogP contribution in [0.1, 0.15) is 5.56 Å². The highest BCUT2D eigenvalue weighted by atomic mass is 35.5. The maximum atomic E-state index is 5.78. The zero-order valence-corrected chi connectivity index (χ0v) is 8.64. The van der Waals surface area contributed by atoms with Crippen molar-refractivity contribution in [1.82, 2.24) is 0 Å². The number of anilines is 1. The Hall–Kier alpha value is -1.32. The van der Waals surface area contributed by atoms with Crippen LogP contribution in [0.3, 0.4) is 0 Å². The standard InChI is InChI=1S/C10H11ClN2O/c1-7(11)9-5-4-8(13-14-3)6-10(9)12-2/h4-6,13H,1-2H2,3H3. The maximum Gasteiger partial charge on any atom is 0.0730 e. The molecule has 1 N–H and O–H groups in total. The summed E-state index contributed by atoms with van der Waals surface area (Å²) in [7, 11) is 1.54. The normalized spacial score (nSPS) is 9.57. The van der Waals surface area contributed by atoms with E-state index in [0.29, 0.717) is 10.7 Å². The molecule has 0 aliphatic carbocycles. The average Bonchev–Trinajstić information content (AvgIpc) is 2.17. The highest BCUT2D eigenvalue weighted by Gasteiger charge is 2.03. The number of hydrogen-bond donors (Lipinski definition) is 1. The Bertz CT molecular complexity index is 363. The summed E-state index contributed by atoms with van der Waals surface area (Å²) >= 11 is 5.78. The van der Waals surface area contributed by atoms with Gasteiger partial charge >= 0.3 is 0 Å². The first-order valence-corrected chi connectivity index (χ1v) is 4.31. The van der Waals surface area contributed by atoms with Gasteiger partial charge in [0.1, 0.15) is 0 Å². The van der Waals surface area contributed by atoms with Crippen LogP contribution in [0.2, 0.25) is 0 Å². The second-order valence-corrected chi connectivity index (χ2v) is 3.06. The van der Waals surface area contributed by atoms with Crippen molar-refractivity contribution in [3.63, 3.8) is 0 Å². The van der Waals surface area contributed by atoms with Gasteiger partial charge < -0.3 is 0 Å². The first-order chi connectivity index (χ1) is 6.69. The fraction of sp³-hybridized carbons (Fsp3) is 0.100. The van der Waals surface area contributed by atoms with Crippen LogP contribution in [0.5, 0.6) is 0 Å². The number of nitrogens with one attached hydrogen (secondary N) is 1. The van der Waals surface area contributed by atoms with Gasteiger partial charge in [0.15, 0.2) is 0 Å². The molecular weight excluding hydrogens is 200 g/mol. The fourth-order valence-electron chi connectivity index (χ4n) is 1.07. The molecule has 0 heterocycles. The summed E-state index contributed by atoms with van der Waals surface area (Å²) in [5.74, 6) is 0. The van der Waals surface area contributed by atoms with Gasteiger partial charge in [0.2, 0.25) is 0 Å². The number of rotatable bonds is 4. The lowest BCUT2D eigenvalue weighted by atomic mass is 10.1. The predicted molar refractivity (Wildman–Crippen MR) is 61.2 cm³/mol. The lowest BCUT2D eigenvalue weighted by Crippen LogP contribution is -1.95. The topological polar surface area (TPSA) is 33.6 Å². The molecule has 0 saturated carbocycles. The van der Waals surface area contributed by atoms with E-state index in [2.05, 4.69) is 23.8 Å². The Morgan fingerprint density at radius 2 is 2.29 bits per heavy atom. The van der Waals surface area contributed by atoms with Gasteiger partial charge in [-0.25, -0.2) is 0 Å². The van der Waals surface area contributed by atoms with E-state index < -0.39 is 0 Å². The van der Waals surface area contributed by atoms with Crippen molar-refractivity contribution in [2.45, 2.75) is 0 Å². The first kappa shape index (κ1) is 10.8. The molecule has 0 aromatic heterocycles. The van der Waals surface area contributed by atoms with Gasteiger partial charge in [-0.2, -0.15) is 0 Å². The van der Waals surface area contributed by atoms with Gasteiger partial charge in [0.25, 0.3) is 0 Å². The van der Waals surface area contributed by atoms with Crippen LogP contribution in [0.15, 0.2) is 29.8 Å². The van der Waals surface area contributed by atoms with E-state index in [1.54, 1.807) is 12.1 Å². The van der Waals surface area contributed by atoms with Crippen LogP contribution < -0.4 is 5.48 Å². The number of nitrogens with zero attached hydrogens (tertiary/aromatic N) is 1. The molecule has 0 saturated heterocycles. The monoisotopic (exact) mass is 210 g/mol. The molecule has 1 aromatic rings. The quantitative estimate of drug-likeness (QED) is 0.612. The molecule has 0 bridgehead atoms. The number of hydrogen-bond acceptors (Lipinski definition) is 3. The highest BCUT2D eigenvalue weighted by Crippen LogP contribution is 2.30. The minimum absolute atomic E-state index is 0.441. The van der Waals surface area contributed by atoms with E-state index in [0.717, 1.165) is 11.3 Å². The molecule has 1 aromatic carbocycles. The molecule has 0 radical (unpaired) electrons. The van der Waals surface area contributed by atoms with E-state index >= 15 is 0 Å². The Morgan fingerprint density at radius 3 is 2.79 bits per heavy atom. The van der Waals surface area contributed by atoms with Crippen LogP contribution in [0.25, 0.3) is 5.03 Å². The fourth-order valence-corrected chi connectivity index (χ4v) is 1.23. The summed E-state index contributed by atoms with van der Waals surface area (Å²) in [4.78, 5) is 8.60. The van der Waals surface area contributed by atoms with E-state index in [1.807, 2.05) is 6.07 Å². The average molecular weight is 211 g/mol. The molecule has 14 heavy (non-hydrogen) atoms. The summed E-state index contributed by atoms with van der Waals surface area (Å²) in [6.07, 6.45) is 0. The minimum atomic E-state index is 0.441. The van der Waals surface area contributed by atoms with Crippen LogP contribution in [-0.2, 0) is 4.84 Å². The molecule has 4 heteroatoms. The van der Waals surface area contributed by atoms with Crippen molar-refractivity contribution in [3.8, 4) is 0 Å². The SMILES string of the molecule is C=Nc1cc(NOC)ccc1C(=C)Cl. The van der Waals surface area contributed by atoms with Crippen LogP contribution >= 0.6 is 11.6 Å². The van der Waals surface area contributed by atoms with Gasteiger partial charge in [-0.05, 0) is 24.9 Å². The van der Waals surface area contributed by atoms with E-state index in [4.69, 9.17) is 16.4 Å². The van der Waals surface area contributed by atoms with Crippen molar-refractivity contribution < 1.29 is 4.84 Å². The zero-order chi connectivity index (χ0) is 10.6. The molecule has 0 aliphatic heterocycles. The van der Waals surface area contributed by atoms with Crippen molar-refractivity contribution in [2.24, 2.45) is 4.99 Å². The molecule has 74 valence electrons. The van der Waals surface area contributed by atoms with Crippen LogP contribution in [0.4, 0.5) is 11.4 Å². The van der Waals surface area contributed by atoms with Crippen molar-refractivity contribution in [1.29, 1.82) is 0 Å². The summed E-state index contributed by atoms with van der Waals surface area (Å²) in [6.45, 7) is 7.09. The molecule has 0 amide bonds. The first-order valence-electron chi connectivity index (χ1n) is 3.93. The lowest BCUT2D eigenvalue weighted by Gasteiger charge is -2.07. The number of aliphatic imine (C=N–C) groups is 1. The predicted octanol–water partition coefficient (Wildman–Crippen LogP) is 3.20. The minimum Gasteiger partial charge on any atom is -0.279 e. The Balaban J connectivity index is 3.11. The Kier molecular flexibility index (Phi) is 3.68. The molecule has 0 fully saturated rings. The van der Waals surface area contributed by atoms with E-state index in [9.17, 15) is 0 Å². The summed E-state index contributed by atoms with van der Waals surface area (Å²) in [6, 6.07) is 5.40. The second-order valence-electron chi connectivity index (χ2n) is 2.60. The summed E-state index contributed by atoms with van der Waals surface area (Å²) < 4.78 is 0. The largest absolute Gasteiger partial charge is 0.279 e. The van der Waals surface area contributed by atoms with Crippen molar-refractivity contribution >= 4 is 34.7 Å². The molecular formula is C10H11ClN2O. The molecule has 0 atom stereocenters. The smallest absolute Gasteiger partial charge is 0.0730 e. The van der Waals surface area contributed by atoms with Crippen LogP contribution in [0, 0.1) is 0 Å².